The Bertz CT molecular complexity index is 650. The van der Waals surface area contributed by atoms with Crippen LogP contribution in [0.1, 0.15) is 27.0 Å². The number of carbonyl (C=O) groups is 1. The van der Waals surface area contributed by atoms with Crippen LogP contribution >= 0.6 is 0 Å². The molecule has 0 amide bonds. The van der Waals surface area contributed by atoms with Crippen LogP contribution in [0.15, 0.2) is 36.4 Å². The second kappa shape index (κ2) is 5.74. The van der Waals surface area contributed by atoms with Crippen molar-refractivity contribution in [2.75, 3.05) is 0 Å². The van der Waals surface area contributed by atoms with E-state index >= 15 is 0 Å². The zero-order chi connectivity index (χ0) is 14.7. The van der Waals surface area contributed by atoms with Crippen LogP contribution in [0.2, 0.25) is 0 Å². The van der Waals surface area contributed by atoms with E-state index in [1.54, 1.807) is 0 Å². The van der Waals surface area contributed by atoms with Gasteiger partial charge in [-0.3, -0.25) is 0 Å². The molecule has 0 saturated carbocycles. The highest BCUT2D eigenvalue weighted by Crippen LogP contribution is 2.19. The van der Waals surface area contributed by atoms with Gasteiger partial charge in [-0.05, 0) is 37.1 Å². The summed E-state index contributed by atoms with van der Waals surface area (Å²) in [4.78, 5) is 10.9. The fourth-order valence-corrected chi connectivity index (χ4v) is 1.89. The van der Waals surface area contributed by atoms with Crippen LogP contribution in [0.25, 0.3) is 0 Å². The van der Waals surface area contributed by atoms with Crippen LogP contribution in [0.4, 0.5) is 4.39 Å². The normalized spacial score (nSPS) is 10.3. The molecular weight excluding hydrogens is 259 g/mol. The van der Waals surface area contributed by atoms with Crippen molar-refractivity contribution in [2.24, 2.45) is 0 Å². The Labute approximate surface area is 116 Å². The fraction of sp³-hybridized carbons (Fsp3) is 0.188. The van der Waals surface area contributed by atoms with E-state index in [1.165, 1.54) is 12.1 Å². The maximum Gasteiger partial charge on any atom is 0.335 e. The van der Waals surface area contributed by atoms with Crippen LogP contribution in [0.3, 0.4) is 0 Å². The maximum atomic E-state index is 13.3. The molecule has 2 aromatic rings. The molecule has 4 heteroatoms. The molecule has 0 spiro atoms. The first kappa shape index (κ1) is 14.1. The van der Waals surface area contributed by atoms with Crippen molar-refractivity contribution in [1.82, 2.24) is 0 Å². The van der Waals surface area contributed by atoms with Crippen molar-refractivity contribution >= 4 is 5.97 Å². The summed E-state index contributed by atoms with van der Waals surface area (Å²) in [6, 6.07) is 9.44. The number of rotatable bonds is 4. The van der Waals surface area contributed by atoms with E-state index in [0.717, 1.165) is 22.8 Å². The molecule has 0 radical (unpaired) electrons. The first-order valence-corrected chi connectivity index (χ1v) is 6.18. The maximum absolute atomic E-state index is 13.3. The van der Waals surface area contributed by atoms with Gasteiger partial charge in [-0.15, -0.1) is 0 Å². The summed E-state index contributed by atoms with van der Waals surface area (Å²) in [5.41, 5.74) is 3.05. The van der Waals surface area contributed by atoms with Crippen LogP contribution in [0.5, 0.6) is 5.75 Å². The van der Waals surface area contributed by atoms with E-state index in [-0.39, 0.29) is 17.9 Å². The molecule has 3 nitrogen and oxygen atoms in total. The van der Waals surface area contributed by atoms with Gasteiger partial charge < -0.3 is 9.84 Å². The number of carboxylic acid groups (broad SMARTS) is 1. The third-order valence-corrected chi connectivity index (χ3v) is 3.02. The van der Waals surface area contributed by atoms with Gasteiger partial charge in [0.05, 0.1) is 5.56 Å². The smallest absolute Gasteiger partial charge is 0.335 e. The first-order valence-electron chi connectivity index (χ1n) is 6.18. The van der Waals surface area contributed by atoms with E-state index in [2.05, 4.69) is 0 Å². The van der Waals surface area contributed by atoms with Gasteiger partial charge in [-0.1, -0.05) is 23.8 Å². The number of aromatic carboxylic acids is 1. The summed E-state index contributed by atoms with van der Waals surface area (Å²) in [5.74, 6) is -1.59. The lowest BCUT2D eigenvalue weighted by Crippen LogP contribution is -2.02. The Balaban J connectivity index is 2.18. The molecule has 0 fully saturated rings. The monoisotopic (exact) mass is 274 g/mol. The van der Waals surface area contributed by atoms with E-state index in [9.17, 15) is 9.18 Å². The highest BCUT2D eigenvalue weighted by Gasteiger charge is 2.08. The standard InChI is InChI=1S/C16H15FO3/c1-10-3-4-11(2)13(5-10)9-20-15-7-12(16(18)19)6-14(17)8-15/h3-8H,9H2,1-2H3,(H,18,19). The zero-order valence-electron chi connectivity index (χ0n) is 11.3. The lowest BCUT2D eigenvalue weighted by atomic mass is 10.1. The molecule has 0 aliphatic carbocycles. The molecule has 0 unspecified atom stereocenters. The van der Waals surface area contributed by atoms with Gasteiger partial charge in [0, 0.05) is 6.07 Å². The molecule has 0 bridgehead atoms. The number of ether oxygens (including phenoxy) is 1. The molecule has 0 aromatic heterocycles. The number of aryl methyl sites for hydroxylation is 2. The van der Waals surface area contributed by atoms with Gasteiger partial charge in [0.2, 0.25) is 0 Å². The minimum absolute atomic E-state index is 0.124. The van der Waals surface area contributed by atoms with E-state index in [4.69, 9.17) is 9.84 Å². The van der Waals surface area contributed by atoms with Crippen molar-refractivity contribution in [3.63, 3.8) is 0 Å². The third-order valence-electron chi connectivity index (χ3n) is 3.02. The Morgan fingerprint density at radius 1 is 1.20 bits per heavy atom. The highest BCUT2D eigenvalue weighted by molar-refractivity contribution is 5.88. The Morgan fingerprint density at radius 3 is 2.65 bits per heavy atom. The molecule has 104 valence electrons. The second-order valence-electron chi connectivity index (χ2n) is 4.70. The van der Waals surface area contributed by atoms with Crippen molar-refractivity contribution in [2.45, 2.75) is 20.5 Å². The van der Waals surface area contributed by atoms with Gasteiger partial charge >= 0.3 is 5.97 Å². The first-order chi connectivity index (χ1) is 9.45. The van der Waals surface area contributed by atoms with Crippen molar-refractivity contribution in [3.05, 3.63) is 64.5 Å². The average molecular weight is 274 g/mol. The number of carboxylic acids is 1. The third kappa shape index (κ3) is 3.35. The van der Waals surface area contributed by atoms with Gasteiger partial charge in [-0.25, -0.2) is 9.18 Å². The summed E-state index contributed by atoms with van der Waals surface area (Å²) < 4.78 is 18.8. The second-order valence-corrected chi connectivity index (χ2v) is 4.70. The summed E-state index contributed by atoms with van der Waals surface area (Å²) in [6.07, 6.45) is 0. The molecule has 20 heavy (non-hydrogen) atoms. The van der Waals surface area contributed by atoms with Gasteiger partial charge in [0.25, 0.3) is 0 Å². The predicted octanol–water partition coefficient (Wildman–Crippen LogP) is 3.72. The lowest BCUT2D eigenvalue weighted by molar-refractivity contribution is 0.0695. The molecule has 0 heterocycles. The van der Waals surface area contributed by atoms with Crippen LogP contribution < -0.4 is 4.74 Å². The largest absolute Gasteiger partial charge is 0.489 e. The van der Waals surface area contributed by atoms with Gasteiger partial charge in [0.15, 0.2) is 0 Å². The molecular formula is C16H15FO3. The van der Waals surface area contributed by atoms with Crippen molar-refractivity contribution in [3.8, 4) is 5.75 Å². The molecule has 1 N–H and O–H groups in total. The number of benzene rings is 2. The molecule has 2 rings (SSSR count). The topological polar surface area (TPSA) is 46.5 Å². The lowest BCUT2D eigenvalue weighted by Gasteiger charge is -2.10. The minimum atomic E-state index is -1.18. The average Bonchev–Trinajstić information content (AvgIpc) is 2.39. The zero-order valence-corrected chi connectivity index (χ0v) is 11.3. The van der Waals surface area contributed by atoms with E-state index in [1.807, 2.05) is 32.0 Å². The van der Waals surface area contributed by atoms with Crippen LogP contribution in [0, 0.1) is 19.7 Å². The number of hydrogen-bond donors (Lipinski definition) is 1. The molecule has 0 aliphatic heterocycles. The summed E-state index contributed by atoms with van der Waals surface area (Å²) in [7, 11) is 0. The summed E-state index contributed by atoms with van der Waals surface area (Å²) in [5, 5.41) is 8.88. The predicted molar refractivity (Wildman–Crippen MR) is 73.6 cm³/mol. The quantitative estimate of drug-likeness (QED) is 0.924. The molecule has 0 aliphatic rings. The fourth-order valence-electron chi connectivity index (χ4n) is 1.89. The number of hydrogen-bond acceptors (Lipinski definition) is 2. The Morgan fingerprint density at radius 2 is 1.95 bits per heavy atom. The Kier molecular flexibility index (Phi) is 4.03. The van der Waals surface area contributed by atoms with Crippen LogP contribution in [-0.2, 0) is 6.61 Å². The summed E-state index contributed by atoms with van der Waals surface area (Å²) >= 11 is 0. The minimum Gasteiger partial charge on any atom is -0.489 e. The van der Waals surface area contributed by atoms with E-state index < -0.39 is 11.8 Å². The highest BCUT2D eigenvalue weighted by atomic mass is 19.1. The number of halogens is 1. The van der Waals surface area contributed by atoms with Gasteiger partial charge in [-0.2, -0.15) is 0 Å². The van der Waals surface area contributed by atoms with Crippen molar-refractivity contribution in [1.29, 1.82) is 0 Å². The molecule has 0 atom stereocenters. The SMILES string of the molecule is Cc1ccc(C)c(COc2cc(F)cc(C(=O)O)c2)c1. The van der Waals surface area contributed by atoms with Crippen molar-refractivity contribution < 1.29 is 19.0 Å². The van der Waals surface area contributed by atoms with Crippen LogP contribution in [-0.4, -0.2) is 11.1 Å². The molecule has 2 aromatic carbocycles. The van der Waals surface area contributed by atoms with Gasteiger partial charge in [0.1, 0.15) is 18.2 Å². The summed E-state index contributed by atoms with van der Waals surface area (Å²) in [6.45, 7) is 4.22. The Hall–Kier alpha value is -2.36. The molecule has 0 saturated heterocycles. The van der Waals surface area contributed by atoms with E-state index in [0.29, 0.717) is 0 Å².